The molecular weight excluding hydrogens is 304 g/mol. The molecule has 1 nitrogen and oxygen atoms in total. The minimum absolute atomic E-state index is 0.0883. The van der Waals surface area contributed by atoms with E-state index in [0.29, 0.717) is 0 Å². The monoisotopic (exact) mass is 324 g/mol. The van der Waals surface area contributed by atoms with Crippen LogP contribution in [0.5, 0.6) is 0 Å². The first-order valence-electron chi connectivity index (χ1n) is 8.63. The Labute approximate surface area is 148 Å². The van der Waals surface area contributed by atoms with Gasteiger partial charge in [-0.05, 0) is 42.3 Å². The molecule has 4 rings (SSSR count). The molecule has 0 amide bonds. The van der Waals surface area contributed by atoms with Crippen LogP contribution >= 0.6 is 0 Å². The van der Waals surface area contributed by atoms with E-state index in [0.717, 1.165) is 22.1 Å². The summed E-state index contributed by atoms with van der Waals surface area (Å²) in [5, 5.41) is 2.27. The van der Waals surface area contributed by atoms with Crippen LogP contribution < -0.4 is 0 Å². The molecule has 0 N–H and O–H groups in total. The zero-order valence-electron chi connectivity index (χ0n) is 14.5. The van der Waals surface area contributed by atoms with Gasteiger partial charge in [0.15, 0.2) is 5.78 Å². The highest BCUT2D eigenvalue weighted by Crippen LogP contribution is 2.35. The molecule has 0 aromatic heterocycles. The third-order valence-electron chi connectivity index (χ3n) is 5.04. The second kappa shape index (κ2) is 6.18. The second-order valence-corrected chi connectivity index (χ2v) is 6.71. The van der Waals surface area contributed by atoms with Gasteiger partial charge in [-0.2, -0.15) is 0 Å². The van der Waals surface area contributed by atoms with Crippen LogP contribution in [0.2, 0.25) is 0 Å². The summed E-state index contributed by atoms with van der Waals surface area (Å²) in [7, 11) is 0. The van der Waals surface area contributed by atoms with E-state index in [1.165, 1.54) is 16.5 Å². The second-order valence-electron chi connectivity index (χ2n) is 6.71. The first kappa shape index (κ1) is 15.6. The molecule has 0 atom stereocenters. The summed E-state index contributed by atoms with van der Waals surface area (Å²) in [6, 6.07) is 22.0. The van der Waals surface area contributed by atoms with Gasteiger partial charge >= 0.3 is 0 Å². The Morgan fingerprint density at radius 1 is 0.760 bits per heavy atom. The number of allylic oxidation sites excluding steroid dienone is 4. The van der Waals surface area contributed by atoms with Gasteiger partial charge in [0, 0.05) is 17.0 Å². The zero-order chi connectivity index (χ0) is 17.4. The average Bonchev–Trinajstić information content (AvgIpc) is 2.99. The summed E-state index contributed by atoms with van der Waals surface area (Å²) < 4.78 is 0. The minimum atomic E-state index is 0.0883. The number of benzene rings is 3. The molecule has 25 heavy (non-hydrogen) atoms. The molecule has 0 saturated heterocycles. The number of hydrogen-bond acceptors (Lipinski definition) is 1. The van der Waals surface area contributed by atoms with Crippen LogP contribution in [-0.4, -0.2) is 5.78 Å². The summed E-state index contributed by atoms with van der Waals surface area (Å²) in [4.78, 5) is 13.2. The van der Waals surface area contributed by atoms with Crippen molar-refractivity contribution in [3.63, 3.8) is 0 Å². The topological polar surface area (TPSA) is 17.1 Å². The standard InChI is InChI=1S/C24H20O/c1-16-12-21(13-17(16)2)22-14-19-10-6-7-11-20(19)15-23(22)24(25)18-8-4-3-5-9-18/h3-15,21H,1-2H3. The van der Waals surface area contributed by atoms with E-state index in [4.69, 9.17) is 0 Å². The molecular formula is C24H20O. The van der Waals surface area contributed by atoms with Gasteiger partial charge in [0.05, 0.1) is 0 Å². The number of carbonyl (C=O) groups excluding carboxylic acids is 1. The van der Waals surface area contributed by atoms with E-state index in [2.05, 4.69) is 44.2 Å². The summed E-state index contributed by atoms with van der Waals surface area (Å²) in [5.41, 5.74) is 5.19. The van der Waals surface area contributed by atoms with Crippen LogP contribution in [0.15, 0.2) is 90.0 Å². The van der Waals surface area contributed by atoms with Crippen molar-refractivity contribution in [1.29, 1.82) is 0 Å². The van der Waals surface area contributed by atoms with Crippen molar-refractivity contribution in [3.05, 3.63) is 107 Å². The third-order valence-corrected chi connectivity index (χ3v) is 5.04. The highest BCUT2D eigenvalue weighted by atomic mass is 16.1. The Kier molecular flexibility index (Phi) is 3.85. The fraction of sp³-hybridized carbons (Fsp3) is 0.125. The van der Waals surface area contributed by atoms with Crippen LogP contribution in [0.3, 0.4) is 0 Å². The summed E-state index contributed by atoms with van der Waals surface area (Å²) in [6.07, 6.45) is 4.50. The Morgan fingerprint density at radius 3 is 1.96 bits per heavy atom. The van der Waals surface area contributed by atoms with E-state index in [-0.39, 0.29) is 11.7 Å². The maximum atomic E-state index is 13.2. The van der Waals surface area contributed by atoms with Crippen molar-refractivity contribution in [2.24, 2.45) is 0 Å². The van der Waals surface area contributed by atoms with Crippen LogP contribution in [0.1, 0.15) is 41.3 Å². The summed E-state index contributed by atoms with van der Waals surface area (Å²) in [6.45, 7) is 4.26. The number of fused-ring (bicyclic) bond motifs is 1. The molecule has 0 bridgehead atoms. The Balaban J connectivity index is 1.92. The van der Waals surface area contributed by atoms with Crippen LogP contribution in [-0.2, 0) is 0 Å². The highest BCUT2D eigenvalue weighted by Gasteiger charge is 2.21. The van der Waals surface area contributed by atoms with Gasteiger partial charge < -0.3 is 0 Å². The van der Waals surface area contributed by atoms with Crippen LogP contribution in [0.25, 0.3) is 10.8 Å². The van der Waals surface area contributed by atoms with E-state index >= 15 is 0 Å². The van der Waals surface area contributed by atoms with Crippen LogP contribution in [0, 0.1) is 0 Å². The lowest BCUT2D eigenvalue weighted by Gasteiger charge is -2.14. The smallest absolute Gasteiger partial charge is 0.193 e. The molecule has 1 aliphatic rings. The van der Waals surface area contributed by atoms with Gasteiger partial charge in [0.2, 0.25) is 0 Å². The van der Waals surface area contributed by atoms with E-state index in [1.54, 1.807) is 0 Å². The van der Waals surface area contributed by atoms with Gasteiger partial charge in [-0.15, -0.1) is 0 Å². The summed E-state index contributed by atoms with van der Waals surface area (Å²) >= 11 is 0. The van der Waals surface area contributed by atoms with Gasteiger partial charge in [0.25, 0.3) is 0 Å². The molecule has 0 fully saturated rings. The van der Waals surface area contributed by atoms with Crippen molar-refractivity contribution in [2.75, 3.05) is 0 Å². The Morgan fingerprint density at radius 2 is 1.32 bits per heavy atom. The van der Waals surface area contributed by atoms with Crippen molar-refractivity contribution >= 4 is 16.6 Å². The van der Waals surface area contributed by atoms with Gasteiger partial charge in [-0.25, -0.2) is 0 Å². The highest BCUT2D eigenvalue weighted by molar-refractivity contribution is 6.12. The minimum Gasteiger partial charge on any atom is -0.289 e. The number of ketones is 1. The molecule has 0 radical (unpaired) electrons. The Bertz CT molecular complexity index is 1000. The quantitative estimate of drug-likeness (QED) is 0.535. The molecule has 1 aliphatic carbocycles. The molecule has 3 aromatic carbocycles. The number of carbonyl (C=O) groups is 1. The Hall–Kier alpha value is -2.93. The molecule has 0 unspecified atom stereocenters. The number of hydrogen-bond donors (Lipinski definition) is 0. The maximum absolute atomic E-state index is 13.2. The largest absolute Gasteiger partial charge is 0.289 e. The normalized spacial score (nSPS) is 14.5. The molecule has 1 heteroatoms. The zero-order valence-corrected chi connectivity index (χ0v) is 14.5. The molecule has 0 heterocycles. The SMILES string of the molecule is CC1=CC(c2cc3ccccc3cc2C(=O)c2ccccc2)C=C1C. The molecule has 0 spiro atoms. The van der Waals surface area contributed by atoms with Gasteiger partial charge in [-0.1, -0.05) is 77.9 Å². The third kappa shape index (κ3) is 2.83. The van der Waals surface area contributed by atoms with E-state index in [9.17, 15) is 4.79 Å². The lowest BCUT2D eigenvalue weighted by atomic mass is 9.88. The summed E-state index contributed by atoms with van der Waals surface area (Å²) in [5.74, 6) is 0.248. The predicted octanol–water partition coefficient (Wildman–Crippen LogP) is 6.06. The van der Waals surface area contributed by atoms with Crippen molar-refractivity contribution < 1.29 is 4.79 Å². The number of rotatable bonds is 3. The van der Waals surface area contributed by atoms with E-state index < -0.39 is 0 Å². The van der Waals surface area contributed by atoms with Crippen molar-refractivity contribution in [3.8, 4) is 0 Å². The fourth-order valence-electron chi connectivity index (χ4n) is 3.50. The molecule has 0 aliphatic heterocycles. The first-order valence-corrected chi connectivity index (χ1v) is 8.63. The first-order chi connectivity index (χ1) is 12.1. The molecule has 0 saturated carbocycles. The van der Waals surface area contributed by atoms with E-state index in [1.807, 2.05) is 48.5 Å². The maximum Gasteiger partial charge on any atom is 0.193 e. The van der Waals surface area contributed by atoms with Gasteiger partial charge in [0.1, 0.15) is 0 Å². The van der Waals surface area contributed by atoms with Crippen molar-refractivity contribution in [1.82, 2.24) is 0 Å². The fourth-order valence-corrected chi connectivity index (χ4v) is 3.50. The lowest BCUT2D eigenvalue weighted by molar-refractivity contribution is 0.103. The van der Waals surface area contributed by atoms with Crippen LogP contribution in [0.4, 0.5) is 0 Å². The average molecular weight is 324 g/mol. The molecule has 122 valence electrons. The predicted molar refractivity (Wildman–Crippen MR) is 104 cm³/mol. The lowest BCUT2D eigenvalue weighted by Crippen LogP contribution is -2.07. The molecule has 3 aromatic rings. The van der Waals surface area contributed by atoms with Crippen molar-refractivity contribution in [2.45, 2.75) is 19.8 Å². The van der Waals surface area contributed by atoms with Gasteiger partial charge in [-0.3, -0.25) is 4.79 Å².